The number of carbonyl (C=O) groups excluding carboxylic acids is 2. The van der Waals surface area contributed by atoms with Crippen LogP contribution in [-0.4, -0.2) is 34.9 Å². The van der Waals surface area contributed by atoms with Crippen molar-refractivity contribution in [2.45, 2.75) is 39.5 Å². The molecule has 2 rings (SSSR count). The van der Waals surface area contributed by atoms with Crippen molar-refractivity contribution in [3.8, 4) is 0 Å². The van der Waals surface area contributed by atoms with E-state index in [-0.39, 0.29) is 22.8 Å². The second kappa shape index (κ2) is 8.78. The first-order valence-corrected chi connectivity index (χ1v) is 8.86. The zero-order valence-electron chi connectivity index (χ0n) is 14.3. The highest BCUT2D eigenvalue weighted by molar-refractivity contribution is 7.80. The topological polar surface area (TPSA) is 61.4 Å². The van der Waals surface area contributed by atoms with Crippen LogP contribution in [0.15, 0.2) is 24.3 Å². The predicted molar refractivity (Wildman–Crippen MR) is 100 cm³/mol. The van der Waals surface area contributed by atoms with E-state index in [4.69, 9.17) is 12.2 Å². The van der Waals surface area contributed by atoms with E-state index in [0.29, 0.717) is 12.0 Å². The number of nitrogens with one attached hydrogen (secondary N) is 2. The van der Waals surface area contributed by atoms with Gasteiger partial charge in [0.1, 0.15) is 0 Å². The Kier molecular flexibility index (Phi) is 6.73. The number of carbonyl (C=O) groups is 2. The van der Waals surface area contributed by atoms with Crippen LogP contribution < -0.4 is 10.6 Å². The van der Waals surface area contributed by atoms with E-state index in [9.17, 15) is 9.59 Å². The Labute approximate surface area is 148 Å². The van der Waals surface area contributed by atoms with E-state index in [1.165, 1.54) is 6.42 Å². The summed E-state index contributed by atoms with van der Waals surface area (Å²) in [6.45, 7) is 5.64. The minimum atomic E-state index is -0.0978. The molecule has 1 fully saturated rings. The Bertz CT molecular complexity index is 593. The first kappa shape index (κ1) is 18.4. The number of hydrogen-bond acceptors (Lipinski definition) is 3. The molecule has 0 spiro atoms. The second-order valence-electron chi connectivity index (χ2n) is 6.53. The number of benzene rings is 1. The molecule has 5 nitrogen and oxygen atoms in total. The van der Waals surface area contributed by atoms with Gasteiger partial charge in [0.15, 0.2) is 5.11 Å². The van der Waals surface area contributed by atoms with Gasteiger partial charge in [-0.05, 0) is 61.7 Å². The zero-order valence-corrected chi connectivity index (χ0v) is 15.1. The zero-order chi connectivity index (χ0) is 17.5. The Morgan fingerprint density at radius 1 is 1.12 bits per heavy atom. The number of likely N-dealkylation sites (tertiary alicyclic amines) is 1. The minimum Gasteiger partial charge on any atom is -0.339 e. The molecule has 0 aromatic heterocycles. The minimum absolute atomic E-state index is 0.0778. The molecule has 1 aliphatic heterocycles. The summed E-state index contributed by atoms with van der Waals surface area (Å²) in [5.74, 6) is 0.265. The number of piperidine rings is 1. The van der Waals surface area contributed by atoms with Crippen molar-refractivity contribution in [3.05, 3.63) is 29.8 Å². The summed E-state index contributed by atoms with van der Waals surface area (Å²) in [6, 6.07) is 7.19. The first-order valence-electron chi connectivity index (χ1n) is 8.46. The summed E-state index contributed by atoms with van der Waals surface area (Å²) in [6.07, 6.45) is 3.79. The van der Waals surface area contributed by atoms with Crippen molar-refractivity contribution in [1.82, 2.24) is 10.2 Å². The highest BCUT2D eigenvalue weighted by atomic mass is 32.1. The fourth-order valence-corrected chi connectivity index (χ4v) is 2.92. The number of amides is 2. The third-order valence-corrected chi connectivity index (χ3v) is 4.08. The van der Waals surface area contributed by atoms with Crippen molar-refractivity contribution in [2.75, 3.05) is 18.4 Å². The monoisotopic (exact) mass is 347 g/mol. The van der Waals surface area contributed by atoms with Gasteiger partial charge in [0.2, 0.25) is 5.91 Å². The first-order chi connectivity index (χ1) is 11.5. The number of rotatable bonds is 4. The van der Waals surface area contributed by atoms with Crippen LogP contribution in [0.25, 0.3) is 0 Å². The molecule has 6 heteroatoms. The van der Waals surface area contributed by atoms with Crippen LogP contribution in [0.4, 0.5) is 5.69 Å². The van der Waals surface area contributed by atoms with E-state index in [2.05, 4.69) is 10.6 Å². The number of thiocarbonyl (C=S) groups is 1. The van der Waals surface area contributed by atoms with E-state index in [1.54, 1.807) is 24.3 Å². The van der Waals surface area contributed by atoms with E-state index in [1.807, 2.05) is 18.7 Å². The van der Waals surface area contributed by atoms with E-state index >= 15 is 0 Å². The lowest BCUT2D eigenvalue weighted by Crippen LogP contribution is -2.35. The van der Waals surface area contributed by atoms with Gasteiger partial charge in [0, 0.05) is 30.8 Å². The van der Waals surface area contributed by atoms with Gasteiger partial charge in [-0.1, -0.05) is 13.8 Å². The van der Waals surface area contributed by atoms with Crippen LogP contribution in [0.3, 0.4) is 0 Å². The number of anilines is 1. The SMILES string of the molecule is CC(C)CC(=O)NC(=S)Nc1ccc(C(=O)N2CCCCC2)cc1. The van der Waals surface area contributed by atoms with Gasteiger partial charge in [-0.25, -0.2) is 0 Å². The highest BCUT2D eigenvalue weighted by Crippen LogP contribution is 2.15. The summed E-state index contributed by atoms with van der Waals surface area (Å²) in [5, 5.41) is 5.90. The van der Waals surface area contributed by atoms with E-state index in [0.717, 1.165) is 31.6 Å². The van der Waals surface area contributed by atoms with Crippen molar-refractivity contribution in [3.63, 3.8) is 0 Å². The lowest BCUT2D eigenvalue weighted by atomic mass is 10.1. The van der Waals surface area contributed by atoms with Crippen LogP contribution >= 0.6 is 12.2 Å². The fraction of sp³-hybridized carbons (Fsp3) is 0.500. The molecule has 1 aromatic rings. The van der Waals surface area contributed by atoms with Crippen LogP contribution in [0.2, 0.25) is 0 Å². The molecule has 1 saturated heterocycles. The van der Waals surface area contributed by atoms with Crippen LogP contribution in [0.1, 0.15) is 49.9 Å². The lowest BCUT2D eigenvalue weighted by molar-refractivity contribution is -0.120. The summed E-state index contributed by atoms with van der Waals surface area (Å²) in [5.41, 5.74) is 1.43. The molecule has 1 aliphatic rings. The lowest BCUT2D eigenvalue weighted by Gasteiger charge is -2.26. The molecular weight excluding hydrogens is 322 g/mol. The molecule has 0 unspecified atom stereocenters. The highest BCUT2D eigenvalue weighted by Gasteiger charge is 2.17. The van der Waals surface area contributed by atoms with Gasteiger partial charge in [-0.15, -0.1) is 0 Å². The fourth-order valence-electron chi connectivity index (χ4n) is 2.69. The Morgan fingerprint density at radius 3 is 2.33 bits per heavy atom. The molecular formula is C18H25N3O2S. The van der Waals surface area contributed by atoms with Gasteiger partial charge < -0.3 is 15.5 Å². The number of hydrogen-bond donors (Lipinski definition) is 2. The third-order valence-electron chi connectivity index (χ3n) is 3.88. The second-order valence-corrected chi connectivity index (χ2v) is 6.94. The maximum Gasteiger partial charge on any atom is 0.253 e. The smallest absolute Gasteiger partial charge is 0.253 e. The molecule has 0 atom stereocenters. The van der Waals surface area contributed by atoms with Crippen molar-refractivity contribution in [1.29, 1.82) is 0 Å². The molecule has 0 saturated carbocycles. The Balaban J connectivity index is 1.88. The molecule has 2 amide bonds. The standard InChI is InChI=1S/C18H25N3O2S/c1-13(2)12-16(22)20-18(24)19-15-8-6-14(7-9-15)17(23)21-10-4-3-5-11-21/h6-9,13H,3-5,10-12H2,1-2H3,(H2,19,20,22,24). The average molecular weight is 347 g/mol. The quantitative estimate of drug-likeness (QED) is 0.821. The van der Waals surface area contributed by atoms with Gasteiger partial charge in [0.05, 0.1) is 0 Å². The molecule has 0 radical (unpaired) electrons. The van der Waals surface area contributed by atoms with Crippen molar-refractivity contribution < 1.29 is 9.59 Å². The molecule has 2 N–H and O–H groups in total. The largest absolute Gasteiger partial charge is 0.339 e. The summed E-state index contributed by atoms with van der Waals surface area (Å²) < 4.78 is 0. The molecule has 0 aliphatic carbocycles. The molecule has 1 aromatic carbocycles. The number of nitrogens with zero attached hydrogens (tertiary/aromatic N) is 1. The predicted octanol–water partition coefficient (Wildman–Crippen LogP) is 3.17. The summed E-state index contributed by atoms with van der Waals surface area (Å²) in [4.78, 5) is 26.0. The molecule has 0 bridgehead atoms. The van der Waals surface area contributed by atoms with Gasteiger partial charge in [-0.3, -0.25) is 9.59 Å². The third kappa shape index (κ3) is 5.60. The summed E-state index contributed by atoms with van der Waals surface area (Å²) in [7, 11) is 0. The maximum atomic E-state index is 12.4. The average Bonchev–Trinajstić information content (AvgIpc) is 2.54. The summed E-state index contributed by atoms with van der Waals surface area (Å²) >= 11 is 5.13. The van der Waals surface area contributed by atoms with Crippen molar-refractivity contribution >= 4 is 34.8 Å². The van der Waals surface area contributed by atoms with Gasteiger partial charge in [0.25, 0.3) is 5.91 Å². The Morgan fingerprint density at radius 2 is 1.75 bits per heavy atom. The van der Waals surface area contributed by atoms with Crippen LogP contribution in [0, 0.1) is 5.92 Å². The van der Waals surface area contributed by atoms with Crippen LogP contribution in [0.5, 0.6) is 0 Å². The van der Waals surface area contributed by atoms with Crippen molar-refractivity contribution in [2.24, 2.45) is 5.92 Å². The maximum absolute atomic E-state index is 12.4. The molecule has 1 heterocycles. The van der Waals surface area contributed by atoms with Gasteiger partial charge in [-0.2, -0.15) is 0 Å². The molecule has 130 valence electrons. The Hall–Kier alpha value is -1.95. The van der Waals surface area contributed by atoms with Crippen LogP contribution in [-0.2, 0) is 4.79 Å². The normalized spacial score (nSPS) is 14.4. The van der Waals surface area contributed by atoms with Gasteiger partial charge >= 0.3 is 0 Å². The molecule has 24 heavy (non-hydrogen) atoms. The van der Waals surface area contributed by atoms with E-state index < -0.39 is 0 Å².